The van der Waals surface area contributed by atoms with Crippen LogP contribution in [0.5, 0.6) is 0 Å². The van der Waals surface area contributed by atoms with Crippen molar-refractivity contribution < 1.29 is 36.7 Å². The van der Waals surface area contributed by atoms with E-state index in [-0.39, 0.29) is 28.6 Å². The Kier molecular flexibility index (Phi) is 6.14. The number of morpholine rings is 1. The maximum Gasteiger partial charge on any atom is 0.527 e. The van der Waals surface area contributed by atoms with E-state index in [1.807, 2.05) is 0 Å². The van der Waals surface area contributed by atoms with Crippen molar-refractivity contribution in [3.05, 3.63) is 47.2 Å². The number of benzene rings is 2. The van der Waals surface area contributed by atoms with Crippen LogP contribution in [-0.2, 0) is 19.6 Å². The van der Waals surface area contributed by atoms with Gasteiger partial charge in [0.2, 0.25) is 0 Å². The van der Waals surface area contributed by atoms with Crippen molar-refractivity contribution in [2.24, 2.45) is 0 Å². The predicted octanol–water partition coefficient (Wildman–Crippen LogP) is 2.37. The number of rotatable bonds is 5. The van der Waals surface area contributed by atoms with Gasteiger partial charge in [-0.3, -0.25) is 0 Å². The Morgan fingerprint density at radius 2 is 1.94 bits per heavy atom. The smallest absolute Gasteiger partial charge is 0.527 e. The molecule has 2 aromatic rings. The summed E-state index contributed by atoms with van der Waals surface area (Å²) < 4.78 is 61.2. The molecule has 0 radical (unpaired) electrons. The molecule has 172 valence electrons. The largest absolute Gasteiger partial charge is 0.744 e. The molecule has 2 aliphatic rings. The number of cyclic esters (lactones) is 1. The van der Waals surface area contributed by atoms with Gasteiger partial charge in [0.1, 0.15) is 27.2 Å². The number of amides is 1. The fraction of sp³-hybridized carbons (Fsp3) is 0.350. The summed E-state index contributed by atoms with van der Waals surface area (Å²) >= 11 is 6.12. The van der Waals surface area contributed by atoms with Gasteiger partial charge >= 0.3 is 6.09 Å². The summed E-state index contributed by atoms with van der Waals surface area (Å²) in [6.07, 6.45) is -1.97. The van der Waals surface area contributed by atoms with E-state index in [1.54, 1.807) is 4.90 Å². The van der Waals surface area contributed by atoms with Crippen molar-refractivity contribution in [1.82, 2.24) is 4.48 Å². The monoisotopic (exact) mass is 486 g/mol. The summed E-state index contributed by atoms with van der Waals surface area (Å²) in [5.74, 6) is -0.643. The molecule has 1 unspecified atom stereocenters. The molecule has 0 aliphatic carbocycles. The summed E-state index contributed by atoms with van der Waals surface area (Å²) in [5.41, 5.74) is -0.144. The van der Waals surface area contributed by atoms with E-state index in [9.17, 15) is 22.9 Å². The molecule has 2 atom stereocenters. The molecule has 4 rings (SSSR count). The molecule has 2 fully saturated rings. The van der Waals surface area contributed by atoms with Crippen molar-refractivity contribution in [3.8, 4) is 0 Å². The zero-order valence-corrected chi connectivity index (χ0v) is 18.3. The maximum atomic E-state index is 15.2. The highest BCUT2D eigenvalue weighted by atomic mass is 35.5. The number of aliphatic hydroxyl groups excluding tert-OH is 1. The number of hydrogen-bond donors (Lipinski definition) is 1. The molecular formula is C20H20ClFN2O7S. The van der Waals surface area contributed by atoms with Gasteiger partial charge in [-0.05, 0) is 18.2 Å². The highest BCUT2D eigenvalue weighted by molar-refractivity contribution is 7.86. The second-order valence-corrected chi connectivity index (χ2v) is 9.24. The fourth-order valence-corrected chi connectivity index (χ4v) is 5.05. The van der Waals surface area contributed by atoms with Gasteiger partial charge in [0.25, 0.3) is 0 Å². The van der Waals surface area contributed by atoms with E-state index in [0.717, 1.165) is 6.07 Å². The van der Waals surface area contributed by atoms with Gasteiger partial charge in [-0.2, -0.15) is 9.28 Å². The van der Waals surface area contributed by atoms with Crippen LogP contribution >= 0.6 is 11.6 Å². The number of carbonyl (C=O) groups excluding carboxylic acids is 1. The first-order valence-electron chi connectivity index (χ1n) is 9.76. The first kappa shape index (κ1) is 22.9. The Morgan fingerprint density at radius 3 is 2.56 bits per heavy atom. The normalized spacial score (nSPS) is 23.9. The third-order valence-corrected chi connectivity index (χ3v) is 6.68. The van der Waals surface area contributed by atoms with Gasteiger partial charge < -0.3 is 24.0 Å². The van der Waals surface area contributed by atoms with Crippen LogP contribution in [0.3, 0.4) is 0 Å². The molecular weight excluding hydrogens is 467 g/mol. The van der Waals surface area contributed by atoms with E-state index < -0.39 is 44.1 Å². The van der Waals surface area contributed by atoms with Crippen LogP contribution in [0, 0.1) is 5.82 Å². The molecule has 0 spiro atoms. The third kappa shape index (κ3) is 3.85. The van der Waals surface area contributed by atoms with E-state index in [4.69, 9.17) is 21.1 Å². The Bertz CT molecular complexity index is 1160. The number of para-hydroxylation sites is 1. The Balaban J connectivity index is 2.06. The van der Waals surface area contributed by atoms with Crippen LogP contribution in [0.4, 0.5) is 26.2 Å². The first-order chi connectivity index (χ1) is 15.2. The molecule has 0 aromatic heterocycles. The number of hydrogen-bond acceptors (Lipinski definition) is 8. The summed E-state index contributed by atoms with van der Waals surface area (Å²) in [6.45, 7) is 0.500. The lowest BCUT2D eigenvalue weighted by molar-refractivity contribution is 0.0953. The minimum absolute atomic E-state index is 0.0561. The molecule has 2 heterocycles. The minimum atomic E-state index is -5.05. The summed E-state index contributed by atoms with van der Waals surface area (Å²) in [7, 11) is -5.05. The number of aliphatic hydroxyl groups is 1. The number of anilines is 1. The SMILES string of the molecule is O=C1OC(CO)C[N@+]1(c1cc(Cl)ccc1S(=O)(=O)[O-])c1cccc(F)c1N1CCOCC1. The van der Waals surface area contributed by atoms with Crippen LogP contribution in [0.25, 0.3) is 0 Å². The van der Waals surface area contributed by atoms with E-state index in [2.05, 4.69) is 0 Å². The van der Waals surface area contributed by atoms with Crippen molar-refractivity contribution in [2.75, 3.05) is 44.4 Å². The van der Waals surface area contributed by atoms with Crippen molar-refractivity contribution in [3.63, 3.8) is 0 Å². The maximum absolute atomic E-state index is 15.2. The summed E-state index contributed by atoms with van der Waals surface area (Å²) in [5, 5.41) is 9.74. The van der Waals surface area contributed by atoms with E-state index >= 15 is 4.39 Å². The zero-order chi connectivity index (χ0) is 23.1. The highest BCUT2D eigenvalue weighted by Crippen LogP contribution is 2.49. The Hall–Kier alpha value is -2.28. The second-order valence-electron chi connectivity index (χ2n) is 7.45. The molecule has 1 N–H and O–H groups in total. The molecule has 0 bridgehead atoms. The number of ether oxygens (including phenoxy) is 2. The number of halogens is 2. The fourth-order valence-electron chi connectivity index (χ4n) is 4.18. The van der Waals surface area contributed by atoms with Crippen LogP contribution in [0.15, 0.2) is 41.3 Å². The predicted molar refractivity (Wildman–Crippen MR) is 113 cm³/mol. The molecule has 2 saturated heterocycles. The van der Waals surface area contributed by atoms with Gasteiger partial charge in [-0.1, -0.05) is 17.7 Å². The standard InChI is InChI=1S/C20H20ClFN2O7S/c21-13-4-5-18(32(27,28)29)17(10-13)24(11-14(12-25)31-20(24)26)16-3-1-2-15(22)19(16)23-6-8-30-9-7-23/h1-5,10,14,25H,6-9,11-12H2/t14?,24-/m1/s1. The topological polar surface area (TPSA) is 116 Å². The van der Waals surface area contributed by atoms with Crippen LogP contribution in [-0.4, -0.2) is 69.7 Å². The highest BCUT2D eigenvalue weighted by Gasteiger charge is 2.56. The lowest BCUT2D eigenvalue weighted by atomic mass is 10.1. The molecule has 9 nitrogen and oxygen atoms in total. The number of quaternary nitrogens is 1. The zero-order valence-electron chi connectivity index (χ0n) is 16.7. The quantitative estimate of drug-likeness (QED) is 0.506. The lowest BCUT2D eigenvalue weighted by Crippen LogP contribution is -2.48. The van der Waals surface area contributed by atoms with Gasteiger partial charge in [0.15, 0.2) is 23.3 Å². The van der Waals surface area contributed by atoms with Crippen molar-refractivity contribution in [2.45, 2.75) is 11.0 Å². The third-order valence-electron chi connectivity index (χ3n) is 5.57. The molecule has 2 aliphatic heterocycles. The average Bonchev–Trinajstić information content (AvgIpc) is 3.10. The second kappa shape index (κ2) is 8.58. The summed E-state index contributed by atoms with van der Waals surface area (Å²) in [6, 6.07) is 7.47. The van der Waals surface area contributed by atoms with Crippen molar-refractivity contribution in [1.29, 1.82) is 0 Å². The molecule has 32 heavy (non-hydrogen) atoms. The molecule has 0 saturated carbocycles. The van der Waals surface area contributed by atoms with Gasteiger partial charge in [-0.15, -0.1) is 0 Å². The van der Waals surface area contributed by atoms with Gasteiger partial charge in [-0.25, -0.2) is 12.8 Å². The number of carbonyl (C=O) groups is 1. The molecule has 2 aromatic carbocycles. The van der Waals surface area contributed by atoms with E-state index in [1.165, 1.54) is 30.3 Å². The Morgan fingerprint density at radius 1 is 1.22 bits per heavy atom. The Labute approximate surface area is 188 Å². The van der Waals surface area contributed by atoms with Gasteiger partial charge in [0.05, 0.1) is 19.8 Å². The minimum Gasteiger partial charge on any atom is -0.744 e. The average molecular weight is 487 g/mol. The summed E-state index contributed by atoms with van der Waals surface area (Å²) in [4.78, 5) is 14.3. The van der Waals surface area contributed by atoms with Crippen LogP contribution in [0.2, 0.25) is 5.02 Å². The van der Waals surface area contributed by atoms with Crippen molar-refractivity contribution >= 4 is 44.9 Å². The molecule has 1 amide bonds. The molecule has 12 heteroatoms. The lowest BCUT2D eigenvalue weighted by Gasteiger charge is -2.35. The van der Waals surface area contributed by atoms with E-state index in [0.29, 0.717) is 26.3 Å². The number of nitrogens with zero attached hydrogens (tertiary/aromatic N) is 2. The first-order valence-corrected chi connectivity index (χ1v) is 11.5. The van der Waals surface area contributed by atoms with Crippen LogP contribution < -0.4 is 9.38 Å². The van der Waals surface area contributed by atoms with Gasteiger partial charge in [0, 0.05) is 30.2 Å². The van der Waals surface area contributed by atoms with Crippen LogP contribution in [0.1, 0.15) is 0 Å².